The summed E-state index contributed by atoms with van der Waals surface area (Å²) in [6.45, 7) is 3.49. The van der Waals surface area contributed by atoms with Crippen molar-refractivity contribution in [3.8, 4) is 0 Å². The largest absolute Gasteiger partial charge is 0.376 e. The lowest BCUT2D eigenvalue weighted by atomic mass is 10.1. The van der Waals surface area contributed by atoms with Gasteiger partial charge in [0.25, 0.3) is 0 Å². The van der Waals surface area contributed by atoms with Crippen molar-refractivity contribution in [2.24, 2.45) is 0 Å². The average Bonchev–Trinajstić information content (AvgIpc) is 3.42. The third kappa shape index (κ3) is 5.02. The lowest BCUT2D eigenvalue weighted by Crippen LogP contribution is -2.38. The van der Waals surface area contributed by atoms with Crippen LogP contribution in [0.2, 0.25) is 0 Å². The molecule has 0 N–H and O–H groups in total. The maximum atomic E-state index is 13.4. The van der Waals surface area contributed by atoms with E-state index in [1.54, 1.807) is 23.1 Å². The molecule has 1 aliphatic heterocycles. The van der Waals surface area contributed by atoms with Gasteiger partial charge in [0.1, 0.15) is 0 Å². The molecule has 4 nitrogen and oxygen atoms in total. The van der Waals surface area contributed by atoms with E-state index >= 15 is 0 Å². The van der Waals surface area contributed by atoms with Crippen molar-refractivity contribution in [3.63, 3.8) is 0 Å². The minimum atomic E-state index is 0.0751. The van der Waals surface area contributed by atoms with Crippen LogP contribution in [-0.2, 0) is 16.0 Å². The number of rotatable bonds is 8. The minimum Gasteiger partial charge on any atom is -0.376 e. The summed E-state index contributed by atoms with van der Waals surface area (Å²) in [4.78, 5) is 22.5. The van der Waals surface area contributed by atoms with Crippen molar-refractivity contribution in [2.75, 3.05) is 30.1 Å². The smallest absolute Gasteiger partial charge is 0.233 e. The van der Waals surface area contributed by atoms with Crippen LogP contribution >= 0.6 is 34.9 Å². The Morgan fingerprint density at radius 2 is 2.10 bits per heavy atom. The molecule has 1 aromatic heterocycles. The first-order valence-electron chi connectivity index (χ1n) is 10.2. The second-order valence-corrected chi connectivity index (χ2v) is 10.4. The number of ether oxygens (including phenoxy) is 1. The second-order valence-electron chi connectivity index (χ2n) is 7.20. The number of hydrogen-bond donors (Lipinski definition) is 0. The number of carbonyl (C=O) groups is 1. The Hall–Kier alpha value is -1.54. The van der Waals surface area contributed by atoms with Crippen molar-refractivity contribution in [2.45, 2.75) is 42.1 Å². The summed E-state index contributed by atoms with van der Waals surface area (Å²) in [5.74, 6) is 1.12. The van der Waals surface area contributed by atoms with Crippen molar-refractivity contribution < 1.29 is 9.53 Å². The van der Waals surface area contributed by atoms with Crippen molar-refractivity contribution in [1.82, 2.24) is 4.98 Å². The Morgan fingerprint density at radius 1 is 1.27 bits per heavy atom. The van der Waals surface area contributed by atoms with Crippen LogP contribution in [0.25, 0.3) is 10.2 Å². The van der Waals surface area contributed by atoms with Gasteiger partial charge in [-0.2, -0.15) is 0 Å². The highest BCUT2D eigenvalue weighted by Crippen LogP contribution is 2.35. The highest BCUT2D eigenvalue weighted by molar-refractivity contribution is 7.99. The van der Waals surface area contributed by atoms with Gasteiger partial charge in [0.15, 0.2) is 5.13 Å². The summed E-state index contributed by atoms with van der Waals surface area (Å²) in [7, 11) is 0. The molecule has 1 aliphatic rings. The summed E-state index contributed by atoms with van der Waals surface area (Å²) in [5, 5.41) is 0.769. The minimum absolute atomic E-state index is 0.0751. The van der Waals surface area contributed by atoms with Gasteiger partial charge in [-0.3, -0.25) is 9.69 Å². The second kappa shape index (κ2) is 10.2. The number of nitrogens with zero attached hydrogens (tertiary/aromatic N) is 2. The first kappa shape index (κ1) is 21.7. The van der Waals surface area contributed by atoms with Crippen molar-refractivity contribution in [3.05, 3.63) is 48.0 Å². The zero-order chi connectivity index (χ0) is 20.9. The van der Waals surface area contributed by atoms with E-state index in [0.29, 0.717) is 13.0 Å². The van der Waals surface area contributed by atoms with Gasteiger partial charge in [0, 0.05) is 16.4 Å². The molecule has 0 radical (unpaired) electrons. The van der Waals surface area contributed by atoms with Gasteiger partial charge in [-0.05, 0) is 54.7 Å². The molecule has 0 spiro atoms. The summed E-state index contributed by atoms with van der Waals surface area (Å²) in [6, 6.07) is 14.5. The molecule has 0 aliphatic carbocycles. The lowest BCUT2D eigenvalue weighted by molar-refractivity contribution is -0.118. The van der Waals surface area contributed by atoms with Crippen molar-refractivity contribution in [1.29, 1.82) is 0 Å². The van der Waals surface area contributed by atoms with E-state index in [4.69, 9.17) is 9.72 Å². The quantitative estimate of drug-likeness (QED) is 0.394. The topological polar surface area (TPSA) is 42.4 Å². The molecule has 3 aromatic rings. The zero-order valence-corrected chi connectivity index (χ0v) is 19.7. The molecule has 2 aromatic carbocycles. The molecule has 1 atom stereocenters. The van der Waals surface area contributed by atoms with Gasteiger partial charge in [-0.1, -0.05) is 36.5 Å². The number of anilines is 1. The Labute approximate surface area is 190 Å². The normalized spacial score (nSPS) is 16.3. The van der Waals surface area contributed by atoms with E-state index in [2.05, 4.69) is 55.6 Å². The number of carbonyl (C=O) groups excluding carboxylic acids is 1. The molecule has 0 saturated carbocycles. The van der Waals surface area contributed by atoms with Gasteiger partial charge in [-0.25, -0.2) is 4.98 Å². The summed E-state index contributed by atoms with van der Waals surface area (Å²) >= 11 is 5.09. The molecule has 0 bridgehead atoms. The van der Waals surface area contributed by atoms with Crippen LogP contribution in [0.3, 0.4) is 0 Å². The maximum Gasteiger partial charge on any atom is 0.233 e. The van der Waals surface area contributed by atoms with Crippen LogP contribution in [0, 0.1) is 0 Å². The van der Waals surface area contributed by atoms with Crippen LogP contribution in [0.5, 0.6) is 0 Å². The molecule has 4 rings (SSSR count). The van der Waals surface area contributed by atoms with Crippen LogP contribution in [-0.4, -0.2) is 42.2 Å². The molecule has 2 heterocycles. The van der Waals surface area contributed by atoms with E-state index in [1.807, 2.05) is 16.7 Å². The van der Waals surface area contributed by atoms with E-state index in [1.165, 1.54) is 4.90 Å². The predicted octanol–water partition coefficient (Wildman–Crippen LogP) is 5.88. The fourth-order valence-electron chi connectivity index (χ4n) is 3.61. The molecule has 7 heteroatoms. The monoisotopic (exact) mass is 458 g/mol. The summed E-state index contributed by atoms with van der Waals surface area (Å²) in [5.41, 5.74) is 2.01. The van der Waals surface area contributed by atoms with Crippen molar-refractivity contribution >= 4 is 56.1 Å². The Kier molecular flexibility index (Phi) is 7.36. The van der Waals surface area contributed by atoms with E-state index in [-0.39, 0.29) is 12.0 Å². The number of thiazole rings is 1. The number of para-hydroxylation sites is 1. The molecule has 1 saturated heterocycles. The van der Waals surface area contributed by atoms with Gasteiger partial charge >= 0.3 is 0 Å². The molecular formula is C23H26N2O2S3. The SMILES string of the molecule is CCSc1ccc(CC(=O)N(CC2CCCO2)c2nc3c(SC)cccc3s2)cc1. The van der Waals surface area contributed by atoms with E-state index in [0.717, 1.165) is 51.0 Å². The Morgan fingerprint density at radius 3 is 2.80 bits per heavy atom. The summed E-state index contributed by atoms with van der Waals surface area (Å²) < 4.78 is 6.96. The highest BCUT2D eigenvalue weighted by atomic mass is 32.2. The van der Waals surface area contributed by atoms with E-state index in [9.17, 15) is 4.79 Å². The number of thioether (sulfide) groups is 2. The average molecular weight is 459 g/mol. The summed E-state index contributed by atoms with van der Waals surface area (Å²) in [6.07, 6.45) is 4.57. The number of aromatic nitrogens is 1. The van der Waals surface area contributed by atoms with Gasteiger partial charge < -0.3 is 4.74 Å². The van der Waals surface area contributed by atoms with Gasteiger partial charge in [0.05, 0.1) is 29.3 Å². The third-order valence-corrected chi connectivity index (χ3v) is 7.83. The fraction of sp³-hybridized carbons (Fsp3) is 0.391. The van der Waals surface area contributed by atoms with E-state index < -0.39 is 0 Å². The van der Waals surface area contributed by atoms with Crippen LogP contribution < -0.4 is 4.90 Å². The molecule has 1 amide bonds. The van der Waals surface area contributed by atoms with Crippen LogP contribution in [0.15, 0.2) is 52.3 Å². The van der Waals surface area contributed by atoms with Gasteiger partial charge in [-0.15, -0.1) is 23.5 Å². The Balaban J connectivity index is 1.59. The number of benzene rings is 2. The molecular weight excluding hydrogens is 432 g/mol. The third-order valence-electron chi connectivity index (χ3n) is 5.12. The number of fused-ring (bicyclic) bond motifs is 1. The standard InChI is InChI=1S/C23H26N2O2S3/c1-3-29-18-11-9-16(10-12-18)14-21(26)25(15-17-6-5-13-27-17)23-24-22-19(28-2)7-4-8-20(22)30-23/h4,7-12,17H,3,5-6,13-15H2,1-2H3. The zero-order valence-electron chi connectivity index (χ0n) is 17.3. The first-order chi connectivity index (χ1) is 14.7. The predicted molar refractivity (Wildman–Crippen MR) is 129 cm³/mol. The number of hydrogen-bond acceptors (Lipinski definition) is 6. The lowest BCUT2D eigenvalue weighted by Gasteiger charge is -2.23. The fourth-order valence-corrected chi connectivity index (χ4v) is 5.92. The Bertz CT molecular complexity index is 997. The highest BCUT2D eigenvalue weighted by Gasteiger charge is 2.26. The van der Waals surface area contributed by atoms with Crippen LogP contribution in [0.4, 0.5) is 5.13 Å². The molecule has 1 unspecified atom stereocenters. The van der Waals surface area contributed by atoms with Crippen LogP contribution in [0.1, 0.15) is 25.3 Å². The molecule has 30 heavy (non-hydrogen) atoms. The number of amides is 1. The first-order valence-corrected chi connectivity index (χ1v) is 13.3. The molecule has 158 valence electrons. The maximum absolute atomic E-state index is 13.4. The van der Waals surface area contributed by atoms with Gasteiger partial charge in [0.2, 0.25) is 5.91 Å². The molecule has 1 fully saturated rings.